The second kappa shape index (κ2) is 8.57. The molecule has 2 N–H and O–H groups in total. The van der Waals surface area contributed by atoms with Crippen molar-refractivity contribution >= 4 is 21.9 Å². The fourth-order valence-corrected chi connectivity index (χ4v) is 3.62. The highest BCUT2D eigenvalue weighted by Crippen LogP contribution is 2.36. The van der Waals surface area contributed by atoms with E-state index >= 15 is 0 Å². The number of nitrogens with one attached hydrogen (secondary N) is 1. The van der Waals surface area contributed by atoms with Gasteiger partial charge in [0.1, 0.15) is 0 Å². The minimum Gasteiger partial charge on any atom is -0.384 e. The van der Waals surface area contributed by atoms with Crippen LogP contribution in [-0.4, -0.2) is 25.3 Å². The number of hydrogen-bond donors (Lipinski definition) is 2. The van der Waals surface area contributed by atoms with Crippen molar-refractivity contribution in [3.8, 4) is 0 Å². The van der Waals surface area contributed by atoms with Gasteiger partial charge in [-0.3, -0.25) is 4.55 Å². The Bertz CT molecular complexity index is 653. The molecule has 0 unspecified atom stereocenters. The molecular weight excluding hydrogens is 330 g/mol. The standard InChI is InChI=1S/C17H25NO3S2/c1-5-8-14(2)22-16-13-17(3,4)10-6-9-15(16)18-11-7-12-23(19,20)21/h5-6,8-10,13,18H,2,7,11-12H2,1,3-4H3,(H,19,20,21)/b8-5+. The number of rotatable bonds is 8. The van der Waals surface area contributed by atoms with E-state index in [4.69, 9.17) is 4.55 Å². The first-order valence-corrected chi connectivity index (χ1v) is 9.87. The molecule has 0 aliphatic heterocycles. The van der Waals surface area contributed by atoms with Crippen molar-refractivity contribution in [2.45, 2.75) is 27.2 Å². The Morgan fingerprint density at radius 2 is 2.17 bits per heavy atom. The monoisotopic (exact) mass is 355 g/mol. The number of allylic oxidation sites excluding steroid dienone is 6. The number of thioether (sulfide) groups is 1. The van der Waals surface area contributed by atoms with Crippen LogP contribution in [0.3, 0.4) is 0 Å². The molecule has 6 heteroatoms. The highest BCUT2D eigenvalue weighted by atomic mass is 32.2. The third-order valence-corrected chi connectivity index (χ3v) is 4.81. The van der Waals surface area contributed by atoms with Crippen LogP contribution in [0.1, 0.15) is 27.2 Å². The fraction of sp³-hybridized carbons (Fsp3) is 0.412. The zero-order valence-electron chi connectivity index (χ0n) is 13.9. The van der Waals surface area contributed by atoms with E-state index in [1.807, 2.05) is 31.2 Å². The summed E-state index contributed by atoms with van der Waals surface area (Å²) in [6.45, 7) is 10.7. The van der Waals surface area contributed by atoms with Gasteiger partial charge in [-0.15, -0.1) is 0 Å². The molecule has 0 radical (unpaired) electrons. The predicted molar refractivity (Wildman–Crippen MR) is 99.7 cm³/mol. The van der Waals surface area contributed by atoms with Crippen LogP contribution in [-0.2, 0) is 10.1 Å². The molecule has 0 bridgehead atoms. The van der Waals surface area contributed by atoms with Crippen molar-refractivity contribution in [1.29, 1.82) is 0 Å². The van der Waals surface area contributed by atoms with Crippen molar-refractivity contribution in [3.05, 3.63) is 58.5 Å². The maximum absolute atomic E-state index is 10.8. The van der Waals surface area contributed by atoms with Crippen molar-refractivity contribution in [2.24, 2.45) is 5.41 Å². The Hall–Kier alpha value is -1.24. The van der Waals surface area contributed by atoms with Gasteiger partial charge in [0, 0.05) is 27.5 Å². The van der Waals surface area contributed by atoms with Crippen LogP contribution in [0.2, 0.25) is 0 Å². The van der Waals surface area contributed by atoms with Gasteiger partial charge in [0.25, 0.3) is 10.1 Å². The van der Waals surface area contributed by atoms with Gasteiger partial charge < -0.3 is 5.32 Å². The average molecular weight is 356 g/mol. The third kappa shape index (κ3) is 8.25. The highest BCUT2D eigenvalue weighted by Gasteiger charge is 2.17. The van der Waals surface area contributed by atoms with E-state index in [1.165, 1.54) is 0 Å². The molecule has 0 saturated carbocycles. The van der Waals surface area contributed by atoms with E-state index in [0.29, 0.717) is 13.0 Å². The molecule has 4 nitrogen and oxygen atoms in total. The van der Waals surface area contributed by atoms with Crippen molar-refractivity contribution in [1.82, 2.24) is 5.32 Å². The Kier molecular flexibility index (Phi) is 7.38. The SMILES string of the molecule is C=C(/C=C/C)SC1=CC(C)(C)C=CC=C1NCCCS(=O)(=O)O. The van der Waals surface area contributed by atoms with Gasteiger partial charge in [0.15, 0.2) is 0 Å². The van der Waals surface area contributed by atoms with Gasteiger partial charge in [-0.25, -0.2) is 0 Å². The summed E-state index contributed by atoms with van der Waals surface area (Å²) >= 11 is 1.57. The molecule has 0 aromatic carbocycles. The highest BCUT2D eigenvalue weighted by molar-refractivity contribution is 8.07. The average Bonchev–Trinajstić information content (AvgIpc) is 2.52. The third-order valence-electron chi connectivity index (χ3n) is 3.05. The first kappa shape index (κ1) is 19.8. The van der Waals surface area contributed by atoms with Crippen LogP contribution in [0.4, 0.5) is 0 Å². The van der Waals surface area contributed by atoms with E-state index < -0.39 is 10.1 Å². The smallest absolute Gasteiger partial charge is 0.264 e. The first-order chi connectivity index (χ1) is 10.6. The van der Waals surface area contributed by atoms with Crippen molar-refractivity contribution in [3.63, 3.8) is 0 Å². The molecule has 0 aromatic heterocycles. The molecule has 23 heavy (non-hydrogen) atoms. The molecule has 0 amide bonds. The van der Waals surface area contributed by atoms with Crippen molar-refractivity contribution < 1.29 is 13.0 Å². The van der Waals surface area contributed by atoms with Crippen LogP contribution in [0.5, 0.6) is 0 Å². The maximum atomic E-state index is 10.8. The van der Waals surface area contributed by atoms with E-state index in [9.17, 15) is 8.42 Å². The summed E-state index contributed by atoms with van der Waals surface area (Å²) in [5, 5.41) is 3.25. The normalized spacial score (nSPS) is 17.6. The summed E-state index contributed by atoms with van der Waals surface area (Å²) in [4.78, 5) is 1.98. The molecule has 1 aliphatic carbocycles. The van der Waals surface area contributed by atoms with E-state index in [-0.39, 0.29) is 11.2 Å². The van der Waals surface area contributed by atoms with Crippen LogP contribution >= 0.6 is 11.8 Å². The first-order valence-electron chi connectivity index (χ1n) is 7.44. The Morgan fingerprint density at radius 1 is 1.48 bits per heavy atom. The van der Waals surface area contributed by atoms with E-state index in [1.54, 1.807) is 11.8 Å². The Labute approximate surface area is 143 Å². The summed E-state index contributed by atoms with van der Waals surface area (Å²) in [7, 11) is -3.91. The predicted octanol–water partition coefficient (Wildman–Crippen LogP) is 4.04. The van der Waals surface area contributed by atoms with Crippen LogP contribution in [0.15, 0.2) is 58.5 Å². The van der Waals surface area contributed by atoms with Gasteiger partial charge in [0.05, 0.1) is 5.75 Å². The topological polar surface area (TPSA) is 66.4 Å². The molecule has 0 fully saturated rings. The van der Waals surface area contributed by atoms with Crippen molar-refractivity contribution in [2.75, 3.05) is 12.3 Å². The molecule has 0 atom stereocenters. The minimum atomic E-state index is -3.91. The van der Waals surface area contributed by atoms with Crippen LogP contribution < -0.4 is 5.32 Å². The molecule has 1 aliphatic rings. The minimum absolute atomic E-state index is 0.0765. The molecule has 0 spiro atoms. The van der Waals surface area contributed by atoms with Gasteiger partial charge in [-0.2, -0.15) is 8.42 Å². The molecule has 1 rings (SSSR count). The second-order valence-corrected chi connectivity index (χ2v) is 8.64. The summed E-state index contributed by atoms with van der Waals surface area (Å²) in [6.07, 6.45) is 12.5. The largest absolute Gasteiger partial charge is 0.384 e. The van der Waals surface area contributed by atoms with Gasteiger partial charge >= 0.3 is 0 Å². The fourth-order valence-electron chi connectivity index (χ4n) is 2.01. The molecule has 0 heterocycles. The zero-order valence-corrected chi connectivity index (χ0v) is 15.5. The van der Waals surface area contributed by atoms with Crippen LogP contribution in [0.25, 0.3) is 0 Å². The molecule has 128 valence electrons. The lowest BCUT2D eigenvalue weighted by Crippen LogP contribution is -2.19. The van der Waals surface area contributed by atoms with Gasteiger partial charge in [-0.1, -0.05) is 62.6 Å². The molecule has 0 aromatic rings. The van der Waals surface area contributed by atoms with Crippen LogP contribution in [0, 0.1) is 5.41 Å². The Balaban J connectivity index is 2.82. The summed E-state index contributed by atoms with van der Waals surface area (Å²) < 4.78 is 30.3. The van der Waals surface area contributed by atoms with E-state index in [2.05, 4.69) is 37.9 Å². The summed E-state index contributed by atoms with van der Waals surface area (Å²) in [5.41, 5.74) is 0.852. The second-order valence-electron chi connectivity index (χ2n) is 5.90. The van der Waals surface area contributed by atoms with Gasteiger partial charge in [-0.05, 0) is 19.4 Å². The quantitative estimate of drug-likeness (QED) is 0.391. The Morgan fingerprint density at radius 3 is 2.78 bits per heavy atom. The lowest BCUT2D eigenvalue weighted by molar-refractivity contribution is 0.480. The lowest BCUT2D eigenvalue weighted by atomic mass is 9.93. The summed E-state index contributed by atoms with van der Waals surface area (Å²) in [6, 6.07) is 0. The van der Waals surface area contributed by atoms with E-state index in [0.717, 1.165) is 15.5 Å². The summed E-state index contributed by atoms with van der Waals surface area (Å²) in [5.74, 6) is -0.244. The lowest BCUT2D eigenvalue weighted by Gasteiger charge is -2.18. The number of hydrogen-bond acceptors (Lipinski definition) is 4. The maximum Gasteiger partial charge on any atom is 0.264 e. The zero-order chi connectivity index (χ0) is 17.5. The molecule has 0 saturated heterocycles. The molecular formula is C17H25NO3S2. The van der Waals surface area contributed by atoms with Gasteiger partial charge in [0.2, 0.25) is 0 Å².